The fourth-order valence-corrected chi connectivity index (χ4v) is 4.18. The number of nitrogens with zero attached hydrogens (tertiary/aromatic N) is 2. The summed E-state index contributed by atoms with van der Waals surface area (Å²) in [7, 11) is 1.46. The van der Waals surface area contributed by atoms with E-state index in [9.17, 15) is 9.36 Å². The quantitative estimate of drug-likeness (QED) is 0.393. The Hall–Kier alpha value is -2.99. The van der Waals surface area contributed by atoms with Gasteiger partial charge in [-0.2, -0.15) is 5.10 Å². The van der Waals surface area contributed by atoms with Crippen LogP contribution in [0, 0.1) is 6.92 Å². The fraction of sp³-hybridized carbons (Fsp3) is 0.217. The van der Waals surface area contributed by atoms with Crippen LogP contribution in [0.15, 0.2) is 60.8 Å². The van der Waals surface area contributed by atoms with Crippen LogP contribution in [0.1, 0.15) is 16.7 Å². The Morgan fingerprint density at radius 3 is 2.35 bits per heavy atom. The topological polar surface area (TPSA) is 82.5 Å². The van der Waals surface area contributed by atoms with Crippen LogP contribution in [0.5, 0.6) is 0 Å². The monoisotopic (exact) mass is 439 g/mol. The molecule has 1 heterocycles. The third kappa shape index (κ3) is 5.79. The van der Waals surface area contributed by atoms with Crippen molar-refractivity contribution in [3.63, 3.8) is 0 Å². The molecule has 8 heteroatoms. The average molecular weight is 439 g/mol. The molecule has 3 rings (SSSR count). The molecule has 0 fully saturated rings. The van der Waals surface area contributed by atoms with E-state index in [1.54, 1.807) is 41.2 Å². The Balaban J connectivity index is 1.68. The standard InChI is InChI=1S/C23H26N3O4P/c1-17-5-9-19(10-6-17)23-20(15-24-26(23)2)11-14-22(27)25-21-12-7-18(8-13-21)16-31(28,29-3)30-4/h5-15H,16H2,1-4H3,(H,25,27). The van der Waals surface area contributed by atoms with Gasteiger partial charge in [0.1, 0.15) is 0 Å². The first kappa shape index (κ1) is 22.7. The Morgan fingerprint density at radius 1 is 1.10 bits per heavy atom. The van der Waals surface area contributed by atoms with Gasteiger partial charge in [-0.25, -0.2) is 0 Å². The highest BCUT2D eigenvalue weighted by molar-refractivity contribution is 7.52. The maximum Gasteiger partial charge on any atom is 0.334 e. The minimum Gasteiger partial charge on any atom is -0.323 e. The second-order valence-electron chi connectivity index (χ2n) is 7.09. The molecule has 1 aromatic heterocycles. The molecule has 0 atom stereocenters. The molecule has 0 aliphatic rings. The smallest absolute Gasteiger partial charge is 0.323 e. The zero-order valence-corrected chi connectivity index (χ0v) is 18.9. The van der Waals surface area contributed by atoms with Crippen LogP contribution in [-0.4, -0.2) is 29.9 Å². The van der Waals surface area contributed by atoms with Gasteiger partial charge in [-0.3, -0.25) is 14.0 Å². The number of anilines is 1. The zero-order valence-electron chi connectivity index (χ0n) is 18.0. The SMILES string of the molecule is COP(=O)(Cc1ccc(NC(=O)C=Cc2cnn(C)c2-c2ccc(C)cc2)cc1)OC. The van der Waals surface area contributed by atoms with Crippen molar-refractivity contribution >= 4 is 25.3 Å². The van der Waals surface area contributed by atoms with Crippen LogP contribution >= 0.6 is 7.60 Å². The number of carbonyl (C=O) groups excluding carboxylic acids is 1. The number of aryl methyl sites for hydroxylation is 2. The van der Waals surface area contributed by atoms with E-state index in [0.717, 1.165) is 22.4 Å². The first-order chi connectivity index (χ1) is 14.8. The number of rotatable bonds is 8. The molecule has 0 bridgehead atoms. The van der Waals surface area contributed by atoms with Crippen molar-refractivity contribution in [3.8, 4) is 11.3 Å². The van der Waals surface area contributed by atoms with Crippen molar-refractivity contribution < 1.29 is 18.4 Å². The largest absolute Gasteiger partial charge is 0.334 e. The first-order valence-electron chi connectivity index (χ1n) is 9.71. The van der Waals surface area contributed by atoms with Crippen LogP contribution < -0.4 is 5.32 Å². The summed E-state index contributed by atoms with van der Waals surface area (Å²) in [5, 5.41) is 7.14. The van der Waals surface area contributed by atoms with E-state index in [0.29, 0.717) is 5.69 Å². The number of aromatic nitrogens is 2. The number of benzene rings is 2. The van der Waals surface area contributed by atoms with Gasteiger partial charge in [-0.15, -0.1) is 0 Å². The van der Waals surface area contributed by atoms with Gasteiger partial charge in [0.15, 0.2) is 0 Å². The predicted octanol–water partition coefficient (Wildman–Crippen LogP) is 5.03. The van der Waals surface area contributed by atoms with E-state index in [1.165, 1.54) is 25.9 Å². The summed E-state index contributed by atoms with van der Waals surface area (Å²) in [5.74, 6) is -0.258. The van der Waals surface area contributed by atoms with Gasteiger partial charge in [0, 0.05) is 44.2 Å². The van der Waals surface area contributed by atoms with Gasteiger partial charge in [0.2, 0.25) is 5.91 Å². The molecular formula is C23H26N3O4P. The summed E-state index contributed by atoms with van der Waals surface area (Å²) >= 11 is 0. The van der Waals surface area contributed by atoms with Gasteiger partial charge in [-0.1, -0.05) is 42.0 Å². The molecule has 0 saturated carbocycles. The lowest BCUT2D eigenvalue weighted by Gasteiger charge is -2.13. The molecule has 0 unspecified atom stereocenters. The van der Waals surface area contributed by atoms with Crippen molar-refractivity contribution in [2.75, 3.05) is 19.5 Å². The molecule has 162 valence electrons. The summed E-state index contributed by atoms with van der Waals surface area (Å²) < 4.78 is 23.9. The maximum atomic E-state index is 12.4. The number of amides is 1. The molecular weight excluding hydrogens is 413 g/mol. The lowest BCUT2D eigenvalue weighted by atomic mass is 10.1. The van der Waals surface area contributed by atoms with Gasteiger partial charge in [0.05, 0.1) is 18.1 Å². The highest BCUT2D eigenvalue weighted by Crippen LogP contribution is 2.49. The van der Waals surface area contributed by atoms with Crippen LogP contribution in [0.25, 0.3) is 17.3 Å². The fourth-order valence-electron chi connectivity index (χ4n) is 3.11. The molecule has 3 aromatic rings. The van der Waals surface area contributed by atoms with Crippen molar-refractivity contribution in [1.82, 2.24) is 9.78 Å². The molecule has 0 aliphatic heterocycles. The summed E-state index contributed by atoms with van der Waals surface area (Å²) in [4.78, 5) is 12.4. The minimum absolute atomic E-state index is 0.164. The first-order valence-corrected chi connectivity index (χ1v) is 11.4. The molecule has 0 saturated heterocycles. The van der Waals surface area contributed by atoms with Gasteiger partial charge in [-0.05, 0) is 30.7 Å². The van der Waals surface area contributed by atoms with Gasteiger partial charge in [0.25, 0.3) is 0 Å². The second kappa shape index (κ2) is 9.88. The van der Waals surface area contributed by atoms with E-state index in [4.69, 9.17) is 9.05 Å². The molecule has 1 N–H and O–H groups in total. The van der Waals surface area contributed by atoms with Crippen molar-refractivity contribution in [3.05, 3.63) is 77.5 Å². The molecule has 0 aliphatic carbocycles. The lowest BCUT2D eigenvalue weighted by Crippen LogP contribution is -2.07. The normalized spacial score (nSPS) is 11.7. The Labute approximate surface area is 182 Å². The predicted molar refractivity (Wildman–Crippen MR) is 123 cm³/mol. The highest BCUT2D eigenvalue weighted by atomic mass is 31.2. The third-order valence-corrected chi connectivity index (χ3v) is 6.73. The van der Waals surface area contributed by atoms with Crippen molar-refractivity contribution in [2.45, 2.75) is 13.1 Å². The molecule has 31 heavy (non-hydrogen) atoms. The number of carbonyl (C=O) groups is 1. The van der Waals surface area contributed by atoms with E-state index in [-0.39, 0.29) is 12.1 Å². The molecule has 0 spiro atoms. The number of hydrogen-bond acceptors (Lipinski definition) is 5. The zero-order chi connectivity index (χ0) is 22.4. The molecule has 0 radical (unpaired) electrons. The molecule has 7 nitrogen and oxygen atoms in total. The Morgan fingerprint density at radius 2 is 1.74 bits per heavy atom. The Kier molecular flexibility index (Phi) is 7.23. The van der Waals surface area contributed by atoms with Crippen molar-refractivity contribution in [2.24, 2.45) is 7.05 Å². The van der Waals surface area contributed by atoms with Crippen LogP contribution in [-0.2, 0) is 31.6 Å². The number of hydrogen-bond donors (Lipinski definition) is 1. The Bertz CT molecular complexity index is 1110. The van der Waals surface area contributed by atoms with E-state index >= 15 is 0 Å². The van der Waals surface area contributed by atoms with E-state index in [1.807, 2.05) is 38.2 Å². The summed E-state index contributed by atoms with van der Waals surface area (Å²) in [6, 6.07) is 15.2. The molecule has 1 amide bonds. The van der Waals surface area contributed by atoms with Gasteiger partial charge < -0.3 is 14.4 Å². The second-order valence-corrected chi connectivity index (χ2v) is 9.36. The molecule has 2 aromatic carbocycles. The van der Waals surface area contributed by atoms with Crippen LogP contribution in [0.3, 0.4) is 0 Å². The summed E-state index contributed by atoms with van der Waals surface area (Å²) in [6.45, 7) is 2.04. The summed E-state index contributed by atoms with van der Waals surface area (Å²) in [5.41, 5.74) is 5.43. The lowest BCUT2D eigenvalue weighted by molar-refractivity contribution is -0.111. The highest BCUT2D eigenvalue weighted by Gasteiger charge is 2.21. The number of nitrogens with one attached hydrogen (secondary N) is 1. The van der Waals surface area contributed by atoms with E-state index < -0.39 is 7.60 Å². The van der Waals surface area contributed by atoms with E-state index in [2.05, 4.69) is 10.4 Å². The van der Waals surface area contributed by atoms with Crippen molar-refractivity contribution in [1.29, 1.82) is 0 Å². The maximum absolute atomic E-state index is 12.4. The van der Waals surface area contributed by atoms with Crippen LogP contribution in [0.4, 0.5) is 5.69 Å². The van der Waals surface area contributed by atoms with Gasteiger partial charge >= 0.3 is 7.60 Å². The summed E-state index contributed by atoms with van der Waals surface area (Å²) in [6.07, 6.45) is 5.13. The third-order valence-electron chi connectivity index (χ3n) is 4.86. The minimum atomic E-state index is -3.13. The van der Waals surface area contributed by atoms with Crippen LogP contribution in [0.2, 0.25) is 0 Å². The average Bonchev–Trinajstić information content (AvgIpc) is 3.14.